The van der Waals surface area contributed by atoms with E-state index in [4.69, 9.17) is 11.1 Å². The Hall–Kier alpha value is -2.23. The third-order valence-corrected chi connectivity index (χ3v) is 2.00. The van der Waals surface area contributed by atoms with Crippen LogP contribution in [0.25, 0.3) is 5.57 Å². The lowest BCUT2D eigenvalue weighted by molar-refractivity contribution is 1.09. The van der Waals surface area contributed by atoms with Crippen molar-refractivity contribution in [1.29, 1.82) is 5.41 Å². The summed E-state index contributed by atoms with van der Waals surface area (Å²) in [5.74, 6) is 0.909. The molecule has 82 valence electrons. The lowest BCUT2D eigenvalue weighted by atomic mass is 10.2. The van der Waals surface area contributed by atoms with E-state index in [1.165, 1.54) is 6.21 Å². The van der Waals surface area contributed by atoms with Crippen LogP contribution in [0.15, 0.2) is 37.6 Å². The third-order valence-electron chi connectivity index (χ3n) is 2.00. The Morgan fingerprint density at radius 3 is 2.75 bits per heavy atom. The van der Waals surface area contributed by atoms with Gasteiger partial charge in [-0.3, -0.25) is 0 Å². The normalized spacial score (nSPS) is 10.9. The van der Waals surface area contributed by atoms with Gasteiger partial charge in [0.15, 0.2) is 5.82 Å². The lowest BCUT2D eigenvalue weighted by Gasteiger charge is -2.04. The van der Waals surface area contributed by atoms with E-state index in [2.05, 4.69) is 23.1 Å². The average molecular weight is 214 g/mol. The molecule has 0 unspecified atom stereocenters. The van der Waals surface area contributed by atoms with Crippen molar-refractivity contribution in [2.45, 2.75) is 6.42 Å². The summed E-state index contributed by atoms with van der Waals surface area (Å²) in [6.45, 7) is 7.27. The number of nitrogens with zero attached hydrogens (tertiary/aromatic N) is 2. The van der Waals surface area contributed by atoms with Gasteiger partial charge in [-0.1, -0.05) is 31.4 Å². The van der Waals surface area contributed by atoms with Crippen LogP contribution in [0, 0.1) is 5.41 Å². The van der Waals surface area contributed by atoms with E-state index in [-0.39, 0.29) is 0 Å². The molecule has 0 aromatic carbocycles. The van der Waals surface area contributed by atoms with Crippen molar-refractivity contribution in [3.63, 3.8) is 0 Å². The smallest absolute Gasteiger partial charge is 0.161 e. The van der Waals surface area contributed by atoms with Crippen LogP contribution in [-0.2, 0) is 6.42 Å². The SMILES string of the molecule is C=C/C=C(\C=C)c1ncc(CC=N)c(N)n1. The molecule has 0 spiro atoms. The molecule has 1 aromatic heterocycles. The van der Waals surface area contributed by atoms with E-state index in [1.54, 1.807) is 24.4 Å². The van der Waals surface area contributed by atoms with Crippen LogP contribution in [0.2, 0.25) is 0 Å². The highest BCUT2D eigenvalue weighted by molar-refractivity contribution is 5.71. The zero-order chi connectivity index (χ0) is 12.0. The summed E-state index contributed by atoms with van der Waals surface area (Å²) in [6, 6.07) is 0. The minimum Gasteiger partial charge on any atom is -0.383 e. The van der Waals surface area contributed by atoms with Crippen molar-refractivity contribution in [1.82, 2.24) is 9.97 Å². The fourth-order valence-corrected chi connectivity index (χ4v) is 1.19. The van der Waals surface area contributed by atoms with E-state index < -0.39 is 0 Å². The number of rotatable bonds is 5. The van der Waals surface area contributed by atoms with E-state index in [9.17, 15) is 0 Å². The Bertz CT molecular complexity index is 446. The highest BCUT2D eigenvalue weighted by Crippen LogP contribution is 2.14. The molecule has 0 aliphatic rings. The first-order valence-electron chi connectivity index (χ1n) is 4.78. The van der Waals surface area contributed by atoms with Crippen LogP contribution in [0.4, 0.5) is 5.82 Å². The second-order valence-electron chi connectivity index (χ2n) is 3.07. The lowest BCUT2D eigenvalue weighted by Crippen LogP contribution is -2.03. The van der Waals surface area contributed by atoms with E-state index in [0.717, 1.165) is 11.1 Å². The molecular formula is C12H14N4. The van der Waals surface area contributed by atoms with Crippen molar-refractivity contribution in [3.05, 3.63) is 49.0 Å². The zero-order valence-corrected chi connectivity index (χ0v) is 8.98. The Kier molecular flexibility index (Phi) is 4.15. The van der Waals surface area contributed by atoms with E-state index in [0.29, 0.717) is 18.1 Å². The van der Waals surface area contributed by atoms with E-state index >= 15 is 0 Å². The predicted octanol–water partition coefficient (Wildman–Crippen LogP) is 2.01. The summed E-state index contributed by atoms with van der Waals surface area (Å²) in [7, 11) is 0. The molecular weight excluding hydrogens is 200 g/mol. The molecule has 16 heavy (non-hydrogen) atoms. The molecule has 3 N–H and O–H groups in total. The van der Waals surface area contributed by atoms with Gasteiger partial charge in [0, 0.05) is 23.8 Å². The van der Waals surface area contributed by atoms with Crippen LogP contribution < -0.4 is 5.73 Å². The zero-order valence-electron chi connectivity index (χ0n) is 8.98. The Morgan fingerprint density at radius 1 is 1.50 bits per heavy atom. The van der Waals surface area contributed by atoms with Crippen molar-refractivity contribution in [2.24, 2.45) is 0 Å². The summed E-state index contributed by atoms with van der Waals surface area (Å²) in [4.78, 5) is 8.32. The Labute approximate surface area is 94.7 Å². The van der Waals surface area contributed by atoms with Gasteiger partial charge in [-0.05, 0) is 6.21 Å². The highest BCUT2D eigenvalue weighted by Gasteiger charge is 2.05. The minimum atomic E-state index is 0.394. The van der Waals surface area contributed by atoms with Gasteiger partial charge in [0.05, 0.1) is 0 Å². The molecule has 0 radical (unpaired) electrons. The Morgan fingerprint density at radius 2 is 2.25 bits per heavy atom. The molecule has 0 saturated carbocycles. The maximum Gasteiger partial charge on any atom is 0.161 e. The van der Waals surface area contributed by atoms with Crippen molar-refractivity contribution < 1.29 is 0 Å². The molecule has 1 aromatic rings. The van der Waals surface area contributed by atoms with Crippen LogP contribution in [0.5, 0.6) is 0 Å². The van der Waals surface area contributed by atoms with Gasteiger partial charge in [0.2, 0.25) is 0 Å². The van der Waals surface area contributed by atoms with Crippen molar-refractivity contribution in [3.8, 4) is 0 Å². The van der Waals surface area contributed by atoms with Gasteiger partial charge in [0.25, 0.3) is 0 Å². The summed E-state index contributed by atoms with van der Waals surface area (Å²) in [5.41, 5.74) is 7.27. The van der Waals surface area contributed by atoms with Crippen LogP contribution >= 0.6 is 0 Å². The molecule has 0 amide bonds. The predicted molar refractivity (Wildman–Crippen MR) is 67.3 cm³/mol. The molecule has 0 aliphatic heterocycles. The van der Waals surface area contributed by atoms with E-state index in [1.807, 2.05) is 0 Å². The number of allylic oxidation sites excluding steroid dienone is 4. The second-order valence-corrected chi connectivity index (χ2v) is 3.07. The molecule has 4 heteroatoms. The first-order valence-corrected chi connectivity index (χ1v) is 4.78. The number of hydrogen-bond donors (Lipinski definition) is 2. The molecule has 4 nitrogen and oxygen atoms in total. The summed E-state index contributed by atoms with van der Waals surface area (Å²) < 4.78 is 0. The van der Waals surface area contributed by atoms with Crippen LogP contribution in [0.3, 0.4) is 0 Å². The summed E-state index contributed by atoms with van der Waals surface area (Å²) >= 11 is 0. The number of nitrogens with one attached hydrogen (secondary N) is 1. The average Bonchev–Trinajstić information content (AvgIpc) is 2.29. The van der Waals surface area contributed by atoms with Crippen LogP contribution in [-0.4, -0.2) is 16.2 Å². The van der Waals surface area contributed by atoms with Gasteiger partial charge in [-0.15, -0.1) is 0 Å². The maximum absolute atomic E-state index is 7.00. The quantitative estimate of drug-likeness (QED) is 0.581. The molecule has 0 atom stereocenters. The molecule has 0 bridgehead atoms. The number of nitrogen functional groups attached to an aromatic ring is 1. The number of anilines is 1. The number of hydrogen-bond acceptors (Lipinski definition) is 4. The molecule has 1 rings (SSSR count). The van der Waals surface area contributed by atoms with Gasteiger partial charge in [-0.2, -0.15) is 0 Å². The summed E-state index contributed by atoms with van der Waals surface area (Å²) in [6.07, 6.45) is 8.39. The number of nitrogens with two attached hydrogens (primary N) is 1. The molecule has 1 heterocycles. The molecule has 0 aliphatic carbocycles. The molecule has 0 saturated heterocycles. The fourth-order valence-electron chi connectivity index (χ4n) is 1.19. The number of aromatic nitrogens is 2. The van der Waals surface area contributed by atoms with Crippen molar-refractivity contribution in [2.75, 3.05) is 5.73 Å². The van der Waals surface area contributed by atoms with Crippen molar-refractivity contribution >= 4 is 17.6 Å². The monoisotopic (exact) mass is 214 g/mol. The van der Waals surface area contributed by atoms with Gasteiger partial charge in [0.1, 0.15) is 5.82 Å². The minimum absolute atomic E-state index is 0.394. The first kappa shape index (κ1) is 11.8. The third kappa shape index (κ3) is 2.63. The maximum atomic E-state index is 7.00. The topological polar surface area (TPSA) is 75.7 Å². The second kappa shape index (κ2) is 5.60. The fraction of sp³-hybridized carbons (Fsp3) is 0.0833. The molecule has 0 fully saturated rings. The standard InChI is InChI=1S/C12H14N4/c1-3-5-9(4-2)12-15-8-10(6-7-13)11(14)16-12/h3-5,7-8,13H,1-2,6H2,(H2,14,15,16)/b9-5+,13-7?. The van der Waals surface area contributed by atoms with Gasteiger partial charge < -0.3 is 11.1 Å². The first-order chi connectivity index (χ1) is 7.72. The largest absolute Gasteiger partial charge is 0.383 e. The Balaban J connectivity index is 3.13. The summed E-state index contributed by atoms with van der Waals surface area (Å²) in [5, 5.41) is 7.00. The van der Waals surface area contributed by atoms with Gasteiger partial charge in [-0.25, -0.2) is 9.97 Å². The highest BCUT2D eigenvalue weighted by atomic mass is 14.9. The van der Waals surface area contributed by atoms with Crippen LogP contribution in [0.1, 0.15) is 11.4 Å². The van der Waals surface area contributed by atoms with Gasteiger partial charge >= 0.3 is 0 Å².